The molecule has 1 aromatic carbocycles. The first-order valence-electron chi connectivity index (χ1n) is 6.47. The van der Waals surface area contributed by atoms with Gasteiger partial charge in [0.25, 0.3) is 0 Å². The summed E-state index contributed by atoms with van der Waals surface area (Å²) in [6.45, 7) is 3.78. The molecule has 9 heteroatoms. The molecule has 0 aliphatic heterocycles. The Morgan fingerprint density at radius 3 is 2.33 bits per heavy atom. The van der Waals surface area contributed by atoms with Crippen LogP contribution in [0.15, 0.2) is 29.2 Å². The molecule has 120 valence electrons. The lowest BCUT2D eigenvalue weighted by Gasteiger charge is -2.14. The number of hydrogen-bond acceptors (Lipinski definition) is 5. The fourth-order valence-corrected chi connectivity index (χ4v) is 3.70. The summed E-state index contributed by atoms with van der Waals surface area (Å²) in [5, 5.41) is 7.83. The van der Waals surface area contributed by atoms with E-state index in [2.05, 4.69) is 10.0 Å². The molecule has 0 bridgehead atoms. The maximum Gasteiger partial charge on any atom is 0.242 e. The van der Waals surface area contributed by atoms with E-state index in [1.165, 1.54) is 6.07 Å². The lowest BCUT2D eigenvalue weighted by molar-refractivity contribution is 0.570. The highest BCUT2D eigenvalue weighted by molar-refractivity contribution is 7.89. The van der Waals surface area contributed by atoms with Gasteiger partial charge >= 0.3 is 0 Å². The van der Waals surface area contributed by atoms with Gasteiger partial charge in [0, 0.05) is 12.6 Å². The van der Waals surface area contributed by atoms with Gasteiger partial charge in [-0.15, -0.1) is 0 Å². The van der Waals surface area contributed by atoms with Crippen LogP contribution in [0.25, 0.3) is 0 Å². The molecule has 4 N–H and O–H groups in total. The van der Waals surface area contributed by atoms with Gasteiger partial charge in [-0.2, -0.15) is 0 Å². The lowest BCUT2D eigenvalue weighted by atomic mass is 10.3. The Labute approximate surface area is 126 Å². The van der Waals surface area contributed by atoms with Crippen LogP contribution in [0.4, 0.5) is 5.69 Å². The summed E-state index contributed by atoms with van der Waals surface area (Å²) in [4.78, 5) is 0.134. The molecule has 1 rings (SSSR count). The first kappa shape index (κ1) is 17.9. The molecule has 0 heterocycles. The zero-order valence-electron chi connectivity index (χ0n) is 12.0. The van der Waals surface area contributed by atoms with Gasteiger partial charge in [0.05, 0.1) is 11.4 Å². The zero-order valence-corrected chi connectivity index (χ0v) is 13.7. The van der Waals surface area contributed by atoms with Crippen LogP contribution in [-0.2, 0) is 20.0 Å². The average Bonchev–Trinajstić information content (AvgIpc) is 2.32. The van der Waals surface area contributed by atoms with Gasteiger partial charge in [-0.1, -0.05) is 12.1 Å². The minimum absolute atomic E-state index is 0.134. The van der Waals surface area contributed by atoms with Crippen molar-refractivity contribution in [1.82, 2.24) is 4.72 Å². The molecule has 0 aliphatic rings. The minimum Gasteiger partial charge on any atom is -0.384 e. The monoisotopic (exact) mass is 335 g/mol. The van der Waals surface area contributed by atoms with E-state index in [-0.39, 0.29) is 16.7 Å². The van der Waals surface area contributed by atoms with Crippen molar-refractivity contribution in [2.24, 2.45) is 5.14 Å². The molecule has 0 aromatic heterocycles. The van der Waals surface area contributed by atoms with Crippen molar-refractivity contribution >= 4 is 25.7 Å². The predicted molar refractivity (Wildman–Crippen MR) is 83.0 cm³/mol. The Morgan fingerprint density at radius 2 is 1.76 bits per heavy atom. The zero-order chi connectivity index (χ0) is 16.1. The van der Waals surface area contributed by atoms with Crippen LogP contribution >= 0.6 is 0 Å². The van der Waals surface area contributed by atoms with E-state index in [0.717, 1.165) is 0 Å². The number of nitrogens with one attached hydrogen (secondary N) is 2. The highest BCUT2D eigenvalue weighted by Gasteiger charge is 2.18. The highest BCUT2D eigenvalue weighted by atomic mass is 32.2. The maximum absolute atomic E-state index is 12.2. The SMILES string of the molecule is CC(C)NS(=O)(=O)c1ccccc1NCCCS(N)(=O)=O. The molecule has 0 unspecified atom stereocenters. The lowest BCUT2D eigenvalue weighted by Crippen LogP contribution is -2.30. The van der Waals surface area contributed by atoms with E-state index in [1.807, 2.05) is 0 Å². The van der Waals surface area contributed by atoms with Crippen molar-refractivity contribution in [2.75, 3.05) is 17.6 Å². The summed E-state index contributed by atoms with van der Waals surface area (Å²) in [6.07, 6.45) is 0.296. The molecule has 0 atom stereocenters. The Bertz CT molecular complexity index is 669. The first-order chi connectivity index (χ1) is 9.62. The second-order valence-corrected chi connectivity index (χ2v) is 8.34. The van der Waals surface area contributed by atoms with Gasteiger partial charge in [-0.05, 0) is 32.4 Å². The number of para-hydroxylation sites is 1. The molecule has 0 fully saturated rings. The maximum atomic E-state index is 12.2. The largest absolute Gasteiger partial charge is 0.384 e. The number of benzene rings is 1. The van der Waals surface area contributed by atoms with Crippen LogP contribution in [0.3, 0.4) is 0 Å². The number of nitrogens with two attached hydrogens (primary N) is 1. The first-order valence-corrected chi connectivity index (χ1v) is 9.67. The molecule has 0 saturated carbocycles. The number of hydrogen-bond donors (Lipinski definition) is 3. The number of anilines is 1. The molecule has 0 amide bonds. The topological polar surface area (TPSA) is 118 Å². The quantitative estimate of drug-likeness (QED) is 0.597. The van der Waals surface area contributed by atoms with Crippen molar-refractivity contribution in [2.45, 2.75) is 31.2 Å². The molecular formula is C12H21N3O4S2. The second kappa shape index (κ2) is 7.21. The summed E-state index contributed by atoms with van der Waals surface area (Å²) in [5.41, 5.74) is 0.431. The summed E-state index contributed by atoms with van der Waals surface area (Å²) in [7, 11) is -7.11. The summed E-state index contributed by atoms with van der Waals surface area (Å²) < 4.78 is 48.6. The van der Waals surface area contributed by atoms with Gasteiger partial charge in [-0.3, -0.25) is 0 Å². The third kappa shape index (κ3) is 6.42. The van der Waals surface area contributed by atoms with E-state index in [0.29, 0.717) is 18.7 Å². The second-order valence-electron chi connectivity index (χ2n) is 4.92. The van der Waals surface area contributed by atoms with E-state index in [9.17, 15) is 16.8 Å². The number of sulfonamides is 2. The molecule has 21 heavy (non-hydrogen) atoms. The van der Waals surface area contributed by atoms with Gasteiger partial charge in [-0.25, -0.2) is 26.7 Å². The molecule has 0 radical (unpaired) electrons. The van der Waals surface area contributed by atoms with Crippen molar-refractivity contribution in [3.63, 3.8) is 0 Å². The normalized spacial score (nSPS) is 12.6. The van der Waals surface area contributed by atoms with Crippen LogP contribution in [0.1, 0.15) is 20.3 Å². The Kier molecular flexibility index (Phi) is 6.14. The van der Waals surface area contributed by atoms with E-state index >= 15 is 0 Å². The van der Waals surface area contributed by atoms with Gasteiger partial charge < -0.3 is 5.32 Å². The molecule has 1 aromatic rings. The summed E-state index contributed by atoms with van der Waals surface area (Å²) >= 11 is 0. The van der Waals surface area contributed by atoms with Crippen molar-refractivity contribution < 1.29 is 16.8 Å². The third-order valence-electron chi connectivity index (χ3n) is 2.49. The van der Waals surface area contributed by atoms with Gasteiger partial charge in [0.1, 0.15) is 4.90 Å². The fraction of sp³-hybridized carbons (Fsp3) is 0.500. The Balaban J connectivity index is 2.81. The Hall–Kier alpha value is -1.16. The van der Waals surface area contributed by atoms with E-state index in [1.54, 1.807) is 32.0 Å². The average molecular weight is 335 g/mol. The summed E-state index contributed by atoms with van der Waals surface area (Å²) in [6, 6.07) is 6.24. The highest BCUT2D eigenvalue weighted by Crippen LogP contribution is 2.20. The predicted octanol–water partition coefficient (Wildman–Crippen LogP) is 0.464. The molecular weight excluding hydrogens is 314 g/mol. The standard InChI is InChI=1S/C12H21N3O4S2/c1-10(2)15-21(18,19)12-7-4-3-6-11(12)14-8-5-9-20(13,16)17/h3-4,6-7,10,14-15H,5,8-9H2,1-2H3,(H2,13,16,17). The molecule has 7 nitrogen and oxygen atoms in total. The van der Waals surface area contributed by atoms with Crippen molar-refractivity contribution in [1.29, 1.82) is 0 Å². The number of primary sulfonamides is 1. The van der Waals surface area contributed by atoms with Crippen LogP contribution in [0.2, 0.25) is 0 Å². The third-order valence-corrected chi connectivity index (χ3v) is 5.06. The molecule has 0 aliphatic carbocycles. The minimum atomic E-state index is -3.61. The fourth-order valence-electron chi connectivity index (χ4n) is 1.72. The van der Waals surface area contributed by atoms with E-state index < -0.39 is 20.0 Å². The smallest absolute Gasteiger partial charge is 0.242 e. The van der Waals surface area contributed by atoms with Gasteiger partial charge in [0.15, 0.2) is 0 Å². The van der Waals surface area contributed by atoms with Gasteiger partial charge in [0.2, 0.25) is 20.0 Å². The van der Waals surface area contributed by atoms with Crippen molar-refractivity contribution in [3.8, 4) is 0 Å². The summed E-state index contributed by atoms with van der Waals surface area (Å²) in [5.74, 6) is -0.154. The molecule has 0 spiro atoms. The Morgan fingerprint density at radius 1 is 1.14 bits per heavy atom. The van der Waals surface area contributed by atoms with E-state index in [4.69, 9.17) is 5.14 Å². The van der Waals surface area contributed by atoms with Crippen LogP contribution in [-0.4, -0.2) is 35.2 Å². The van der Waals surface area contributed by atoms with Crippen molar-refractivity contribution in [3.05, 3.63) is 24.3 Å². The molecule has 0 saturated heterocycles. The number of rotatable bonds is 8. The van der Waals surface area contributed by atoms with Crippen LogP contribution < -0.4 is 15.2 Å². The van der Waals surface area contributed by atoms with Crippen LogP contribution in [0, 0.1) is 0 Å². The van der Waals surface area contributed by atoms with Crippen LogP contribution in [0.5, 0.6) is 0 Å².